The fourth-order valence-corrected chi connectivity index (χ4v) is 10.4. The van der Waals surface area contributed by atoms with Gasteiger partial charge in [-0.05, 0) is 54.8 Å². The number of Topliss-reactive ketones (excluding diaryl/α,β-unsaturated/α-hetero) is 1. The van der Waals surface area contributed by atoms with Gasteiger partial charge in [0.05, 0.1) is 35.6 Å². The number of aliphatic hydroxyl groups is 3. The Bertz CT molecular complexity index is 2160. The molecule has 0 radical (unpaired) electrons. The number of nitrogens with one attached hydrogen (secondary N) is 1. The second-order valence-corrected chi connectivity index (χ2v) is 17.1. The Labute approximate surface area is 342 Å². The van der Waals surface area contributed by atoms with Gasteiger partial charge in [-0.3, -0.25) is 14.4 Å². The van der Waals surface area contributed by atoms with E-state index in [9.17, 15) is 34.5 Å². The summed E-state index contributed by atoms with van der Waals surface area (Å²) in [5.41, 5.74) is -5.28. The quantitative estimate of drug-likeness (QED) is 0.135. The zero-order valence-corrected chi connectivity index (χ0v) is 33.9. The summed E-state index contributed by atoms with van der Waals surface area (Å²) < 4.78 is 24.5. The van der Waals surface area contributed by atoms with Crippen molar-refractivity contribution in [2.75, 3.05) is 6.61 Å². The zero-order valence-electron chi connectivity index (χ0n) is 33.9. The Kier molecular flexibility index (Phi) is 11.0. The average Bonchev–Trinajstić information content (AvgIpc) is 3.21. The normalized spacial score (nSPS) is 33.0. The lowest BCUT2D eigenvalue weighted by Crippen LogP contribution is -2.81. The average molecular weight is 810 g/mol. The van der Waals surface area contributed by atoms with Gasteiger partial charge in [-0.25, -0.2) is 9.59 Å². The van der Waals surface area contributed by atoms with Gasteiger partial charge < -0.3 is 39.6 Å². The summed E-state index contributed by atoms with van der Waals surface area (Å²) in [5.74, 6) is -6.06. The van der Waals surface area contributed by atoms with E-state index >= 15 is 4.79 Å². The minimum Gasteiger partial charge on any atom is -0.456 e. The Hall–Kier alpha value is -5.21. The van der Waals surface area contributed by atoms with Crippen LogP contribution in [0.1, 0.15) is 86.7 Å². The number of ether oxygens (including phenoxy) is 4. The summed E-state index contributed by atoms with van der Waals surface area (Å²) in [4.78, 5) is 69.9. The molecule has 1 amide bonds. The number of hydrogen-bond acceptors (Lipinski definition) is 12. The third-order valence-corrected chi connectivity index (χ3v) is 13.5. The first-order chi connectivity index (χ1) is 27.9. The lowest BCUT2D eigenvalue weighted by atomic mass is 9.43. The molecule has 1 aliphatic heterocycles. The molecule has 0 aromatic heterocycles. The van der Waals surface area contributed by atoms with Crippen LogP contribution >= 0.6 is 0 Å². The van der Waals surface area contributed by atoms with E-state index in [1.807, 2.05) is 0 Å². The van der Waals surface area contributed by atoms with Crippen LogP contribution in [0.3, 0.4) is 0 Å². The van der Waals surface area contributed by atoms with E-state index in [0.717, 1.165) is 0 Å². The molecule has 2 saturated carbocycles. The molecular weight excluding hydrogens is 759 g/mol. The highest BCUT2D eigenvalue weighted by molar-refractivity contribution is 5.95. The number of ketones is 1. The molecule has 4 N–H and O–H groups in total. The van der Waals surface area contributed by atoms with E-state index in [0.29, 0.717) is 22.3 Å². The topological polar surface area (TPSA) is 195 Å². The van der Waals surface area contributed by atoms with Gasteiger partial charge in [-0.2, -0.15) is 0 Å². The number of carbonyl (C=O) groups is 5. The van der Waals surface area contributed by atoms with Crippen molar-refractivity contribution in [1.29, 1.82) is 0 Å². The maximum Gasteiger partial charge on any atom is 0.338 e. The molecule has 2 bridgehead atoms. The molecule has 2 unspecified atom stereocenters. The predicted molar refractivity (Wildman–Crippen MR) is 211 cm³/mol. The van der Waals surface area contributed by atoms with Gasteiger partial charge in [0.25, 0.3) is 5.91 Å². The van der Waals surface area contributed by atoms with Crippen molar-refractivity contribution in [2.24, 2.45) is 22.7 Å². The van der Waals surface area contributed by atoms with Crippen molar-refractivity contribution in [3.8, 4) is 0 Å². The van der Waals surface area contributed by atoms with Crippen LogP contribution < -0.4 is 5.32 Å². The Balaban J connectivity index is 1.34. The maximum absolute atomic E-state index is 15.2. The molecule has 1 saturated heterocycles. The van der Waals surface area contributed by atoms with E-state index in [1.165, 1.54) is 19.1 Å². The Morgan fingerprint density at radius 3 is 2.02 bits per heavy atom. The van der Waals surface area contributed by atoms with E-state index in [4.69, 9.17) is 18.9 Å². The molecular formula is C46H51NO12. The lowest BCUT2D eigenvalue weighted by Gasteiger charge is -2.67. The molecule has 4 aliphatic rings. The Morgan fingerprint density at radius 2 is 1.46 bits per heavy atom. The molecule has 0 spiro atoms. The van der Waals surface area contributed by atoms with Crippen LogP contribution in [0.5, 0.6) is 0 Å². The molecule has 312 valence electrons. The minimum absolute atomic E-state index is 0.0700. The van der Waals surface area contributed by atoms with E-state index in [-0.39, 0.29) is 18.6 Å². The van der Waals surface area contributed by atoms with Crippen molar-refractivity contribution >= 4 is 29.6 Å². The summed E-state index contributed by atoms with van der Waals surface area (Å²) in [5, 5.41) is 40.0. The number of benzene rings is 3. The highest BCUT2D eigenvalue weighted by Crippen LogP contribution is 2.65. The first-order valence-electron chi connectivity index (χ1n) is 19.9. The SMILES string of the molecule is CC(=O)O[C@@]12CO[C@@H]1C[C@H](O)[C@@]1(C)C(=O)[C@H](C)C3=C(C)C(OC(=O)[C@H](O)C(NC(=O)c4ccccc4)c4ccccc4)C[C@@](O)([C@@H](OC(=O)c4ccccc4)[C@H]21)C3(C)C. The first-order valence-corrected chi connectivity index (χ1v) is 19.9. The largest absolute Gasteiger partial charge is 0.456 e. The van der Waals surface area contributed by atoms with Crippen LogP contribution in [0, 0.1) is 22.7 Å². The van der Waals surface area contributed by atoms with Crippen molar-refractivity contribution in [2.45, 2.75) is 102 Å². The number of rotatable bonds is 9. The number of hydrogen-bond donors (Lipinski definition) is 4. The first kappa shape index (κ1) is 41.9. The Morgan fingerprint density at radius 1 is 0.881 bits per heavy atom. The standard InChI is InChI=1S/C46H51NO12/c1-25-31(57-42(54)36(50)35(28-16-10-7-11-17-28)47-40(52)29-18-12-8-13-19-29)23-46(55)39(58-41(53)30-20-14-9-15-21-30)37-44(6,38(51)26(2)34(25)43(46,4)5)32(49)22-33-45(37,24-56-33)59-27(3)48/h7-21,26,31-33,35-37,39,49-50,55H,22-24H2,1-6H3,(H,47,52)/t26-,31?,32+,33-,35?,36-,37+,39+,44-,45+,46-/m1/s1. The van der Waals surface area contributed by atoms with E-state index in [1.54, 1.807) is 113 Å². The van der Waals surface area contributed by atoms with Gasteiger partial charge in [-0.15, -0.1) is 0 Å². The summed E-state index contributed by atoms with van der Waals surface area (Å²) in [6.07, 6.45) is -7.67. The molecule has 59 heavy (non-hydrogen) atoms. The molecule has 11 atom stereocenters. The third kappa shape index (κ3) is 6.77. The fourth-order valence-electron chi connectivity index (χ4n) is 10.4. The van der Waals surface area contributed by atoms with E-state index < -0.39 is 106 Å². The summed E-state index contributed by atoms with van der Waals surface area (Å²) in [7, 11) is 0. The number of fused-ring (bicyclic) bond motifs is 5. The second-order valence-electron chi connectivity index (χ2n) is 17.1. The molecule has 13 nitrogen and oxygen atoms in total. The maximum atomic E-state index is 15.2. The van der Waals surface area contributed by atoms with Crippen LogP contribution in [0.15, 0.2) is 102 Å². The van der Waals surface area contributed by atoms with Gasteiger partial charge in [0, 0.05) is 36.7 Å². The van der Waals surface area contributed by atoms with Crippen LogP contribution in [0.4, 0.5) is 0 Å². The van der Waals surface area contributed by atoms with Crippen LogP contribution in [0.25, 0.3) is 0 Å². The predicted octanol–water partition coefficient (Wildman–Crippen LogP) is 4.44. The molecule has 13 heteroatoms. The zero-order chi connectivity index (χ0) is 42.7. The van der Waals surface area contributed by atoms with Gasteiger partial charge in [0.15, 0.2) is 11.7 Å². The van der Waals surface area contributed by atoms with Crippen LogP contribution in [-0.4, -0.2) is 93.2 Å². The molecule has 1 heterocycles. The summed E-state index contributed by atoms with van der Waals surface area (Å²) >= 11 is 0. The molecule has 7 rings (SSSR count). The monoisotopic (exact) mass is 809 g/mol. The molecule has 3 aromatic rings. The van der Waals surface area contributed by atoms with Gasteiger partial charge in [-0.1, -0.05) is 87.5 Å². The number of esters is 3. The van der Waals surface area contributed by atoms with Crippen molar-refractivity contribution in [1.82, 2.24) is 5.32 Å². The number of aliphatic hydroxyl groups excluding tert-OH is 2. The third-order valence-electron chi connectivity index (χ3n) is 13.5. The highest BCUT2D eigenvalue weighted by Gasteiger charge is 2.77. The number of carbonyl (C=O) groups excluding carboxylic acids is 5. The second kappa shape index (κ2) is 15.4. The van der Waals surface area contributed by atoms with Gasteiger partial charge in [0.1, 0.15) is 29.7 Å². The van der Waals surface area contributed by atoms with Crippen molar-refractivity contribution in [3.05, 3.63) is 119 Å². The summed E-state index contributed by atoms with van der Waals surface area (Å²) in [6, 6.07) is 23.5. The van der Waals surface area contributed by atoms with Crippen LogP contribution in [-0.2, 0) is 33.3 Å². The fraction of sp³-hybridized carbons (Fsp3) is 0.457. The van der Waals surface area contributed by atoms with Crippen LogP contribution in [0.2, 0.25) is 0 Å². The highest BCUT2D eigenvalue weighted by atomic mass is 16.6. The van der Waals surface area contributed by atoms with E-state index in [2.05, 4.69) is 5.32 Å². The minimum atomic E-state index is -2.19. The van der Waals surface area contributed by atoms with Gasteiger partial charge >= 0.3 is 17.9 Å². The number of amides is 1. The van der Waals surface area contributed by atoms with Crippen molar-refractivity contribution in [3.63, 3.8) is 0 Å². The summed E-state index contributed by atoms with van der Waals surface area (Å²) in [6.45, 7) is 9.32. The molecule has 3 fully saturated rings. The van der Waals surface area contributed by atoms with Gasteiger partial charge in [0.2, 0.25) is 0 Å². The molecule has 3 aliphatic carbocycles. The lowest BCUT2D eigenvalue weighted by molar-refractivity contribution is -0.345. The molecule has 3 aromatic carbocycles. The van der Waals surface area contributed by atoms with Crippen molar-refractivity contribution < 1.29 is 58.2 Å². The smallest absolute Gasteiger partial charge is 0.338 e.